The van der Waals surface area contributed by atoms with Crippen LogP contribution in [0.15, 0.2) is 54.6 Å². The summed E-state index contributed by atoms with van der Waals surface area (Å²) in [5.41, 5.74) is 1.34. The molecule has 0 radical (unpaired) electrons. The quantitative estimate of drug-likeness (QED) is 0.771. The molecule has 0 spiro atoms. The van der Waals surface area contributed by atoms with Crippen LogP contribution in [0.25, 0.3) is 0 Å². The first-order valence-corrected chi connectivity index (χ1v) is 7.47. The van der Waals surface area contributed by atoms with Crippen LogP contribution in [0.3, 0.4) is 0 Å². The Morgan fingerprint density at radius 2 is 1.71 bits per heavy atom. The van der Waals surface area contributed by atoms with E-state index in [0.29, 0.717) is 15.0 Å². The Labute approximate surface area is 108 Å². The molecular formula is C15H14OSe. The number of hydrogen-bond donors (Lipinski definition) is 0. The summed E-state index contributed by atoms with van der Waals surface area (Å²) in [6.07, 6.45) is 1.03. The van der Waals surface area contributed by atoms with Gasteiger partial charge in [-0.3, -0.25) is 0 Å². The number of para-hydroxylation sites is 1. The number of hydrogen-bond acceptors (Lipinski definition) is 1. The van der Waals surface area contributed by atoms with Gasteiger partial charge in [-0.25, -0.2) is 0 Å². The summed E-state index contributed by atoms with van der Waals surface area (Å²) >= 11 is 0.341. The molecule has 0 aromatic heterocycles. The molecule has 2 aromatic rings. The molecule has 2 aromatic carbocycles. The second kappa shape index (κ2) is 4.21. The van der Waals surface area contributed by atoms with Crippen LogP contribution in [0.4, 0.5) is 0 Å². The molecule has 0 bridgehead atoms. The van der Waals surface area contributed by atoms with Gasteiger partial charge in [-0.05, 0) is 0 Å². The summed E-state index contributed by atoms with van der Waals surface area (Å²) in [6, 6.07) is 19.0. The van der Waals surface area contributed by atoms with Crippen molar-refractivity contribution in [3.05, 3.63) is 60.2 Å². The molecule has 2 heteroatoms. The van der Waals surface area contributed by atoms with Gasteiger partial charge in [0.15, 0.2) is 0 Å². The maximum absolute atomic E-state index is 6.13. The minimum absolute atomic E-state index is 0.0297. The van der Waals surface area contributed by atoms with Gasteiger partial charge >= 0.3 is 108 Å². The van der Waals surface area contributed by atoms with Crippen molar-refractivity contribution >= 4 is 19.4 Å². The van der Waals surface area contributed by atoms with Crippen molar-refractivity contribution in [2.24, 2.45) is 0 Å². The van der Waals surface area contributed by atoms with E-state index < -0.39 is 0 Å². The Morgan fingerprint density at radius 3 is 2.47 bits per heavy atom. The van der Waals surface area contributed by atoms with Gasteiger partial charge in [0.05, 0.1) is 0 Å². The molecule has 0 saturated carbocycles. The van der Waals surface area contributed by atoms with Gasteiger partial charge in [0, 0.05) is 0 Å². The predicted molar refractivity (Wildman–Crippen MR) is 71.0 cm³/mol. The molecule has 0 aliphatic carbocycles. The first-order valence-electron chi connectivity index (χ1n) is 5.76. The van der Waals surface area contributed by atoms with Crippen LogP contribution in [0.1, 0.15) is 12.5 Å². The van der Waals surface area contributed by atoms with Crippen molar-refractivity contribution in [1.82, 2.24) is 0 Å². The van der Waals surface area contributed by atoms with Crippen molar-refractivity contribution in [2.45, 2.75) is 17.8 Å². The van der Waals surface area contributed by atoms with Crippen LogP contribution in [-0.4, -0.2) is 19.5 Å². The summed E-state index contributed by atoms with van der Waals surface area (Å²) in [5.74, 6) is 1.06. The summed E-state index contributed by atoms with van der Waals surface area (Å²) in [6.45, 7) is 2.22. The van der Waals surface area contributed by atoms with E-state index in [0.717, 1.165) is 12.2 Å². The molecule has 0 N–H and O–H groups in total. The summed E-state index contributed by atoms with van der Waals surface area (Å²) in [7, 11) is 0. The molecule has 1 aliphatic rings. The Hall–Kier alpha value is -1.24. The number of rotatable bonds is 2. The SMILES string of the molecule is CC1([Se]c2ccccc2)Cc2ccccc2O1. The maximum atomic E-state index is 6.13. The van der Waals surface area contributed by atoms with E-state index in [-0.39, 0.29) is 4.50 Å². The van der Waals surface area contributed by atoms with Crippen LogP contribution < -0.4 is 9.20 Å². The first-order chi connectivity index (χ1) is 8.25. The van der Waals surface area contributed by atoms with Crippen molar-refractivity contribution < 1.29 is 4.74 Å². The molecule has 1 nitrogen and oxygen atoms in total. The zero-order chi connectivity index (χ0) is 11.7. The second-order valence-corrected chi connectivity index (χ2v) is 7.66. The average Bonchev–Trinajstić information content (AvgIpc) is 2.66. The molecule has 3 rings (SSSR count). The van der Waals surface area contributed by atoms with Crippen LogP contribution in [0.2, 0.25) is 0 Å². The van der Waals surface area contributed by atoms with E-state index in [1.807, 2.05) is 6.07 Å². The fourth-order valence-corrected chi connectivity index (χ4v) is 4.57. The fraction of sp³-hybridized carbons (Fsp3) is 0.200. The topological polar surface area (TPSA) is 9.23 Å². The summed E-state index contributed by atoms with van der Waals surface area (Å²) < 4.78 is 7.49. The third-order valence-electron chi connectivity index (χ3n) is 2.89. The average molecular weight is 289 g/mol. The van der Waals surface area contributed by atoms with E-state index in [9.17, 15) is 0 Å². The van der Waals surface area contributed by atoms with Gasteiger partial charge in [-0.2, -0.15) is 0 Å². The van der Waals surface area contributed by atoms with Crippen LogP contribution in [-0.2, 0) is 6.42 Å². The zero-order valence-corrected chi connectivity index (χ0v) is 11.4. The standard InChI is InChI=1S/C15H14OSe/c1-15(17-13-8-3-2-4-9-13)11-12-7-5-6-10-14(12)16-15/h2-10H,11H2,1H3. The van der Waals surface area contributed by atoms with Crippen molar-refractivity contribution in [1.29, 1.82) is 0 Å². The number of ether oxygens (including phenoxy) is 1. The van der Waals surface area contributed by atoms with E-state index in [1.54, 1.807) is 0 Å². The van der Waals surface area contributed by atoms with Gasteiger partial charge < -0.3 is 0 Å². The third kappa shape index (κ3) is 2.24. The molecule has 1 atom stereocenters. The molecule has 0 saturated heterocycles. The molecule has 1 heterocycles. The van der Waals surface area contributed by atoms with E-state index in [4.69, 9.17) is 4.74 Å². The molecule has 86 valence electrons. The summed E-state index contributed by atoms with van der Waals surface area (Å²) in [5, 5.41) is 0. The second-order valence-electron chi connectivity index (χ2n) is 4.44. The molecule has 0 amide bonds. The Morgan fingerprint density at radius 1 is 1.00 bits per heavy atom. The molecule has 1 unspecified atom stereocenters. The first kappa shape index (κ1) is 10.9. The predicted octanol–water partition coefficient (Wildman–Crippen LogP) is 2.37. The van der Waals surface area contributed by atoms with Crippen LogP contribution in [0.5, 0.6) is 5.75 Å². The number of fused-ring (bicyclic) bond motifs is 1. The van der Waals surface area contributed by atoms with Crippen molar-refractivity contribution in [3.8, 4) is 5.75 Å². The molecule has 0 fully saturated rings. The Balaban J connectivity index is 1.82. The van der Waals surface area contributed by atoms with E-state index in [2.05, 4.69) is 55.5 Å². The fourth-order valence-electron chi connectivity index (χ4n) is 2.16. The normalized spacial score (nSPS) is 21.9. The van der Waals surface area contributed by atoms with E-state index in [1.165, 1.54) is 10.0 Å². The van der Waals surface area contributed by atoms with Crippen molar-refractivity contribution in [2.75, 3.05) is 0 Å². The summed E-state index contributed by atoms with van der Waals surface area (Å²) in [4.78, 5) is 0. The molecular weight excluding hydrogens is 275 g/mol. The molecule has 17 heavy (non-hydrogen) atoms. The third-order valence-corrected chi connectivity index (χ3v) is 5.34. The van der Waals surface area contributed by atoms with Gasteiger partial charge in [0.2, 0.25) is 0 Å². The van der Waals surface area contributed by atoms with Gasteiger partial charge in [0.1, 0.15) is 0 Å². The van der Waals surface area contributed by atoms with Gasteiger partial charge in [0.25, 0.3) is 0 Å². The van der Waals surface area contributed by atoms with Crippen LogP contribution in [0, 0.1) is 0 Å². The monoisotopic (exact) mass is 290 g/mol. The number of benzene rings is 2. The molecule has 1 aliphatic heterocycles. The minimum atomic E-state index is -0.0297. The Kier molecular flexibility index (Phi) is 2.70. The van der Waals surface area contributed by atoms with E-state index >= 15 is 0 Å². The van der Waals surface area contributed by atoms with Gasteiger partial charge in [-0.1, -0.05) is 0 Å². The van der Waals surface area contributed by atoms with Crippen LogP contribution >= 0.6 is 0 Å². The van der Waals surface area contributed by atoms with Crippen molar-refractivity contribution in [3.63, 3.8) is 0 Å². The Bertz CT molecular complexity index is 496. The van der Waals surface area contributed by atoms with Gasteiger partial charge in [-0.15, -0.1) is 0 Å². The zero-order valence-electron chi connectivity index (χ0n) is 9.72.